The molecule has 0 fully saturated rings. The second-order valence-corrected chi connectivity index (χ2v) is 7.30. The molecule has 0 saturated carbocycles. The maximum atomic E-state index is 12.2. The van der Waals surface area contributed by atoms with E-state index in [-0.39, 0.29) is 5.91 Å². The molecule has 0 atom stereocenters. The van der Waals surface area contributed by atoms with E-state index in [2.05, 4.69) is 12.2 Å². The van der Waals surface area contributed by atoms with Crippen molar-refractivity contribution in [1.29, 1.82) is 0 Å². The van der Waals surface area contributed by atoms with E-state index in [0.717, 1.165) is 22.7 Å². The number of anilines is 2. The fraction of sp³-hybridized carbons (Fsp3) is 0.235. The highest BCUT2D eigenvalue weighted by molar-refractivity contribution is 7.92. The lowest BCUT2D eigenvalue weighted by Crippen LogP contribution is -2.24. The van der Waals surface area contributed by atoms with Crippen LogP contribution in [0, 0.1) is 0 Å². The highest BCUT2D eigenvalue weighted by Crippen LogP contribution is 2.17. The van der Waals surface area contributed by atoms with Gasteiger partial charge in [0.15, 0.2) is 0 Å². The van der Waals surface area contributed by atoms with Gasteiger partial charge in [0.2, 0.25) is 10.0 Å². The van der Waals surface area contributed by atoms with E-state index in [9.17, 15) is 13.2 Å². The van der Waals surface area contributed by atoms with Gasteiger partial charge in [-0.15, -0.1) is 0 Å². The third-order valence-electron chi connectivity index (χ3n) is 3.61. The van der Waals surface area contributed by atoms with Gasteiger partial charge in [0, 0.05) is 18.3 Å². The van der Waals surface area contributed by atoms with Crippen LogP contribution in [-0.2, 0) is 16.4 Å². The molecule has 0 aliphatic heterocycles. The zero-order chi connectivity index (χ0) is 17.0. The first-order valence-corrected chi connectivity index (χ1v) is 9.10. The van der Waals surface area contributed by atoms with Gasteiger partial charge in [0.1, 0.15) is 0 Å². The van der Waals surface area contributed by atoms with Gasteiger partial charge >= 0.3 is 0 Å². The zero-order valence-electron chi connectivity index (χ0n) is 13.4. The van der Waals surface area contributed by atoms with Crippen LogP contribution in [0.25, 0.3) is 0 Å². The van der Waals surface area contributed by atoms with Crippen LogP contribution in [0.5, 0.6) is 0 Å². The maximum absolute atomic E-state index is 12.2. The molecule has 2 rings (SSSR count). The van der Waals surface area contributed by atoms with Gasteiger partial charge in [-0.2, -0.15) is 0 Å². The summed E-state index contributed by atoms with van der Waals surface area (Å²) in [5, 5.41) is 2.82. The summed E-state index contributed by atoms with van der Waals surface area (Å²) in [6.45, 7) is 2.07. The van der Waals surface area contributed by atoms with Gasteiger partial charge in [0.25, 0.3) is 5.91 Å². The van der Waals surface area contributed by atoms with E-state index < -0.39 is 10.0 Å². The Morgan fingerprint density at radius 2 is 1.61 bits per heavy atom. The summed E-state index contributed by atoms with van der Waals surface area (Å²) >= 11 is 0. The molecule has 0 heterocycles. The largest absolute Gasteiger partial charge is 0.322 e. The Morgan fingerprint density at radius 3 is 2.09 bits per heavy atom. The molecule has 0 spiro atoms. The van der Waals surface area contributed by atoms with Gasteiger partial charge in [-0.05, 0) is 48.4 Å². The highest BCUT2D eigenvalue weighted by atomic mass is 32.2. The summed E-state index contributed by atoms with van der Waals surface area (Å²) in [5.74, 6) is -0.234. The van der Waals surface area contributed by atoms with Crippen molar-refractivity contribution in [2.75, 3.05) is 22.9 Å². The average molecular weight is 332 g/mol. The third-order valence-corrected chi connectivity index (χ3v) is 4.82. The second kappa shape index (κ2) is 6.83. The summed E-state index contributed by atoms with van der Waals surface area (Å²) in [6, 6.07) is 14.1. The highest BCUT2D eigenvalue weighted by Gasteiger charge is 2.13. The first-order valence-electron chi connectivity index (χ1n) is 7.25. The van der Waals surface area contributed by atoms with Crippen LogP contribution in [0.15, 0.2) is 48.5 Å². The Labute approximate surface area is 137 Å². The van der Waals surface area contributed by atoms with Crippen molar-refractivity contribution in [1.82, 2.24) is 0 Å². The summed E-state index contributed by atoms with van der Waals surface area (Å²) in [5.41, 5.74) is 2.91. The number of carbonyl (C=O) groups excluding carboxylic acids is 1. The number of hydrogen-bond donors (Lipinski definition) is 1. The standard InChI is InChI=1S/C17H20N2O3S/c1-4-13-5-9-15(10-6-13)18-17(20)14-7-11-16(12-8-14)19(2)23(3,21)22/h5-12H,4H2,1-3H3,(H,18,20). The number of nitrogens with zero attached hydrogens (tertiary/aromatic N) is 1. The number of hydrogen-bond acceptors (Lipinski definition) is 3. The topological polar surface area (TPSA) is 66.5 Å². The molecule has 0 aliphatic carbocycles. The molecule has 1 amide bonds. The average Bonchev–Trinajstić information content (AvgIpc) is 2.54. The molecule has 0 bridgehead atoms. The van der Waals surface area contributed by atoms with E-state index in [1.165, 1.54) is 12.6 Å². The van der Waals surface area contributed by atoms with Gasteiger partial charge in [-0.3, -0.25) is 9.10 Å². The van der Waals surface area contributed by atoms with E-state index >= 15 is 0 Å². The smallest absolute Gasteiger partial charge is 0.255 e. The number of nitrogens with one attached hydrogen (secondary N) is 1. The number of benzene rings is 2. The fourth-order valence-corrected chi connectivity index (χ4v) is 2.55. The van der Waals surface area contributed by atoms with Crippen molar-refractivity contribution in [3.8, 4) is 0 Å². The van der Waals surface area contributed by atoms with Crippen LogP contribution in [0.2, 0.25) is 0 Å². The minimum absolute atomic E-state index is 0.234. The number of carbonyl (C=O) groups is 1. The van der Waals surface area contributed by atoms with Crippen molar-refractivity contribution in [3.05, 3.63) is 59.7 Å². The lowest BCUT2D eigenvalue weighted by molar-refractivity contribution is 0.102. The molecule has 0 unspecified atom stereocenters. The Hall–Kier alpha value is -2.34. The molecule has 2 aromatic carbocycles. The normalized spacial score (nSPS) is 11.1. The molecule has 23 heavy (non-hydrogen) atoms. The Kier molecular flexibility index (Phi) is 5.05. The summed E-state index contributed by atoms with van der Waals surface area (Å²) in [4.78, 5) is 12.2. The Balaban J connectivity index is 2.10. The first kappa shape index (κ1) is 17.0. The Bertz CT molecular complexity index is 782. The Morgan fingerprint density at radius 1 is 1.04 bits per heavy atom. The number of amides is 1. The van der Waals surface area contributed by atoms with Crippen LogP contribution >= 0.6 is 0 Å². The minimum Gasteiger partial charge on any atom is -0.322 e. The summed E-state index contributed by atoms with van der Waals surface area (Å²) < 4.78 is 24.1. The van der Waals surface area contributed by atoms with Crippen LogP contribution in [0.4, 0.5) is 11.4 Å². The lowest BCUT2D eigenvalue weighted by atomic mass is 10.1. The fourth-order valence-electron chi connectivity index (χ4n) is 2.04. The van der Waals surface area contributed by atoms with Crippen LogP contribution < -0.4 is 9.62 Å². The summed E-state index contributed by atoms with van der Waals surface area (Å²) in [6.07, 6.45) is 2.08. The summed E-state index contributed by atoms with van der Waals surface area (Å²) in [7, 11) is -1.84. The molecule has 5 nitrogen and oxygen atoms in total. The van der Waals surface area contributed by atoms with Crippen molar-refractivity contribution >= 4 is 27.3 Å². The second-order valence-electron chi connectivity index (χ2n) is 5.28. The van der Waals surface area contributed by atoms with E-state index in [1.807, 2.05) is 24.3 Å². The molecule has 0 saturated heterocycles. The molecular formula is C17H20N2O3S. The predicted octanol–water partition coefficient (Wildman–Crippen LogP) is 2.90. The van der Waals surface area contributed by atoms with Crippen LogP contribution in [0.1, 0.15) is 22.8 Å². The molecule has 2 aromatic rings. The molecule has 0 aliphatic rings. The van der Waals surface area contributed by atoms with Gasteiger partial charge in [0.05, 0.1) is 11.9 Å². The van der Waals surface area contributed by atoms with E-state index in [4.69, 9.17) is 0 Å². The maximum Gasteiger partial charge on any atom is 0.255 e. The van der Waals surface area contributed by atoms with Gasteiger partial charge in [-0.25, -0.2) is 8.42 Å². The monoisotopic (exact) mass is 332 g/mol. The quantitative estimate of drug-likeness (QED) is 0.915. The van der Waals surface area contributed by atoms with Crippen molar-refractivity contribution in [2.45, 2.75) is 13.3 Å². The van der Waals surface area contributed by atoms with Crippen molar-refractivity contribution in [3.63, 3.8) is 0 Å². The predicted molar refractivity (Wildman–Crippen MR) is 93.5 cm³/mol. The molecule has 0 radical (unpaired) electrons. The zero-order valence-corrected chi connectivity index (χ0v) is 14.2. The number of aryl methyl sites for hydroxylation is 1. The SMILES string of the molecule is CCc1ccc(NC(=O)c2ccc(N(C)S(C)(=O)=O)cc2)cc1. The van der Waals surface area contributed by atoms with Crippen molar-refractivity contribution in [2.24, 2.45) is 0 Å². The van der Waals surface area contributed by atoms with Crippen LogP contribution in [-0.4, -0.2) is 27.6 Å². The molecular weight excluding hydrogens is 312 g/mol. The molecule has 0 aromatic heterocycles. The van der Waals surface area contributed by atoms with Crippen molar-refractivity contribution < 1.29 is 13.2 Å². The molecule has 122 valence electrons. The number of rotatable bonds is 5. The van der Waals surface area contributed by atoms with E-state index in [0.29, 0.717) is 11.3 Å². The third kappa shape index (κ3) is 4.32. The van der Waals surface area contributed by atoms with E-state index in [1.54, 1.807) is 24.3 Å². The first-order chi connectivity index (χ1) is 10.8. The van der Waals surface area contributed by atoms with Crippen LogP contribution in [0.3, 0.4) is 0 Å². The lowest BCUT2D eigenvalue weighted by Gasteiger charge is -2.16. The number of sulfonamides is 1. The molecule has 6 heteroatoms. The van der Waals surface area contributed by atoms with Gasteiger partial charge in [-0.1, -0.05) is 19.1 Å². The minimum atomic E-state index is -3.31. The molecule has 1 N–H and O–H groups in total. The van der Waals surface area contributed by atoms with Gasteiger partial charge < -0.3 is 5.32 Å².